The number of rotatable bonds is 3. The topological polar surface area (TPSA) is 69.0 Å². The lowest BCUT2D eigenvalue weighted by Crippen LogP contribution is -2.46. The summed E-state index contributed by atoms with van der Waals surface area (Å²) in [5.74, 6) is -0.268. The van der Waals surface area contributed by atoms with Crippen LogP contribution in [0.5, 0.6) is 5.75 Å². The predicted octanol–water partition coefficient (Wildman–Crippen LogP) is 2.25. The van der Waals surface area contributed by atoms with Crippen LogP contribution in [-0.4, -0.2) is 37.2 Å². The quantitative estimate of drug-likeness (QED) is 0.864. The summed E-state index contributed by atoms with van der Waals surface area (Å²) in [7, 11) is 1.38. The van der Waals surface area contributed by atoms with E-state index in [-0.39, 0.29) is 35.0 Å². The van der Waals surface area contributed by atoms with Crippen molar-refractivity contribution in [1.82, 2.24) is 4.90 Å². The molecule has 6 heteroatoms. The van der Waals surface area contributed by atoms with Crippen LogP contribution in [0.3, 0.4) is 0 Å². The second kappa shape index (κ2) is 6.88. The maximum atomic E-state index is 12.9. The van der Waals surface area contributed by atoms with Crippen molar-refractivity contribution < 1.29 is 18.7 Å². The van der Waals surface area contributed by atoms with Crippen LogP contribution in [-0.2, 0) is 4.74 Å². The first-order chi connectivity index (χ1) is 11.6. The third-order valence-electron chi connectivity index (χ3n) is 4.04. The number of hydrogen-bond donors (Lipinski definition) is 0. The Balaban J connectivity index is 1.92. The van der Waals surface area contributed by atoms with E-state index in [4.69, 9.17) is 13.9 Å². The van der Waals surface area contributed by atoms with Gasteiger partial charge in [0.15, 0.2) is 5.76 Å². The number of hydrogen-bond acceptors (Lipinski definition) is 5. The first-order valence-electron chi connectivity index (χ1n) is 7.74. The summed E-state index contributed by atoms with van der Waals surface area (Å²) in [5, 5.41) is 0. The van der Waals surface area contributed by atoms with Crippen LogP contribution in [0.25, 0.3) is 0 Å². The molecule has 1 aliphatic heterocycles. The molecule has 0 spiro atoms. The number of amides is 1. The molecule has 0 unspecified atom stereocenters. The number of methoxy groups -OCH3 is 1. The molecule has 3 rings (SSSR count). The van der Waals surface area contributed by atoms with Gasteiger partial charge in [0.2, 0.25) is 11.2 Å². The van der Waals surface area contributed by atoms with Crippen molar-refractivity contribution in [3.63, 3.8) is 0 Å². The summed E-state index contributed by atoms with van der Waals surface area (Å²) in [5.41, 5.74) is 0.596. The molecule has 2 atom stereocenters. The first-order valence-corrected chi connectivity index (χ1v) is 7.74. The van der Waals surface area contributed by atoms with Crippen LogP contribution >= 0.6 is 0 Å². The third-order valence-corrected chi connectivity index (χ3v) is 4.04. The minimum atomic E-state index is -0.385. The Morgan fingerprint density at radius 3 is 2.71 bits per heavy atom. The van der Waals surface area contributed by atoms with Gasteiger partial charge in [-0.05, 0) is 12.5 Å². The standard InChI is InChI=1S/C18H19NO5/c1-12-9-19(14(10-23-12)13-6-4-3-5-7-13)18(21)16-8-15(20)17(22-2)11-24-16/h3-8,11-12,14H,9-10H2,1-2H3/t12-,14-/m0/s1. The van der Waals surface area contributed by atoms with Gasteiger partial charge in [0.25, 0.3) is 5.91 Å². The van der Waals surface area contributed by atoms with E-state index in [1.54, 1.807) is 4.90 Å². The number of benzene rings is 1. The van der Waals surface area contributed by atoms with Gasteiger partial charge in [0, 0.05) is 12.6 Å². The summed E-state index contributed by atoms with van der Waals surface area (Å²) < 4.78 is 15.9. The lowest BCUT2D eigenvalue weighted by atomic mass is 10.0. The number of carbonyl (C=O) groups is 1. The van der Waals surface area contributed by atoms with E-state index < -0.39 is 0 Å². The van der Waals surface area contributed by atoms with Crippen molar-refractivity contribution >= 4 is 5.91 Å². The molecule has 1 aromatic heterocycles. The number of ether oxygens (including phenoxy) is 2. The summed E-state index contributed by atoms with van der Waals surface area (Å²) in [6, 6.07) is 10.6. The molecule has 0 radical (unpaired) electrons. The predicted molar refractivity (Wildman–Crippen MR) is 87.2 cm³/mol. The fourth-order valence-electron chi connectivity index (χ4n) is 2.78. The molecule has 2 aromatic rings. The maximum Gasteiger partial charge on any atom is 0.290 e. The van der Waals surface area contributed by atoms with Crippen LogP contribution in [0.1, 0.15) is 29.1 Å². The van der Waals surface area contributed by atoms with Gasteiger partial charge < -0.3 is 18.8 Å². The van der Waals surface area contributed by atoms with Crippen LogP contribution < -0.4 is 10.2 Å². The average molecular weight is 329 g/mol. The van der Waals surface area contributed by atoms with E-state index in [9.17, 15) is 9.59 Å². The van der Waals surface area contributed by atoms with Crippen molar-refractivity contribution in [3.8, 4) is 5.75 Å². The lowest BCUT2D eigenvalue weighted by Gasteiger charge is -2.38. The molecular weight excluding hydrogens is 310 g/mol. The van der Waals surface area contributed by atoms with E-state index in [1.165, 1.54) is 13.2 Å². The van der Waals surface area contributed by atoms with Crippen molar-refractivity contribution in [2.24, 2.45) is 0 Å². The molecule has 1 aromatic carbocycles. The van der Waals surface area contributed by atoms with E-state index in [0.717, 1.165) is 11.8 Å². The van der Waals surface area contributed by atoms with Crippen molar-refractivity contribution in [1.29, 1.82) is 0 Å². The van der Waals surface area contributed by atoms with E-state index in [2.05, 4.69) is 0 Å². The van der Waals surface area contributed by atoms with Gasteiger partial charge in [-0.2, -0.15) is 0 Å². The van der Waals surface area contributed by atoms with E-state index in [0.29, 0.717) is 13.2 Å². The zero-order chi connectivity index (χ0) is 17.1. The lowest BCUT2D eigenvalue weighted by molar-refractivity contribution is -0.0457. The maximum absolute atomic E-state index is 12.9. The number of nitrogens with zero attached hydrogens (tertiary/aromatic N) is 1. The number of carbonyl (C=O) groups excluding carboxylic acids is 1. The second-order valence-corrected chi connectivity index (χ2v) is 5.70. The van der Waals surface area contributed by atoms with Gasteiger partial charge in [0.1, 0.15) is 6.26 Å². The molecule has 1 fully saturated rings. The molecule has 6 nitrogen and oxygen atoms in total. The van der Waals surface area contributed by atoms with Crippen LogP contribution in [0.15, 0.2) is 51.9 Å². The van der Waals surface area contributed by atoms with Gasteiger partial charge in [-0.3, -0.25) is 9.59 Å². The van der Waals surface area contributed by atoms with E-state index >= 15 is 0 Å². The van der Waals surface area contributed by atoms with Crippen LogP contribution in [0, 0.1) is 0 Å². The Kier molecular flexibility index (Phi) is 4.66. The highest BCUT2D eigenvalue weighted by molar-refractivity contribution is 5.91. The Morgan fingerprint density at radius 1 is 1.29 bits per heavy atom. The Labute approximate surface area is 139 Å². The van der Waals surface area contributed by atoms with Gasteiger partial charge in [-0.25, -0.2) is 0 Å². The third kappa shape index (κ3) is 3.19. The summed E-state index contributed by atoms with van der Waals surface area (Å²) in [4.78, 5) is 26.5. The van der Waals surface area contributed by atoms with Gasteiger partial charge in [-0.15, -0.1) is 0 Å². The largest absolute Gasteiger partial charge is 0.490 e. The van der Waals surface area contributed by atoms with Crippen molar-refractivity contribution in [3.05, 3.63) is 64.2 Å². The molecule has 0 saturated carbocycles. The van der Waals surface area contributed by atoms with Crippen molar-refractivity contribution in [2.45, 2.75) is 19.1 Å². The first kappa shape index (κ1) is 16.3. The summed E-state index contributed by atoms with van der Waals surface area (Å²) in [6.45, 7) is 2.73. The summed E-state index contributed by atoms with van der Waals surface area (Å²) in [6.07, 6.45) is 1.08. The fourth-order valence-corrected chi connectivity index (χ4v) is 2.78. The molecule has 24 heavy (non-hydrogen) atoms. The van der Waals surface area contributed by atoms with Crippen LogP contribution in [0.2, 0.25) is 0 Å². The van der Waals surface area contributed by atoms with Gasteiger partial charge in [0.05, 0.1) is 25.9 Å². The smallest absolute Gasteiger partial charge is 0.290 e. The Bertz CT molecular complexity index is 770. The normalized spacial score (nSPS) is 20.7. The van der Waals surface area contributed by atoms with Crippen LogP contribution in [0.4, 0.5) is 0 Å². The molecule has 0 aliphatic carbocycles. The molecule has 1 amide bonds. The zero-order valence-corrected chi connectivity index (χ0v) is 13.6. The molecule has 0 bridgehead atoms. The Morgan fingerprint density at radius 2 is 2.04 bits per heavy atom. The van der Waals surface area contributed by atoms with Gasteiger partial charge >= 0.3 is 0 Å². The molecule has 1 saturated heterocycles. The minimum Gasteiger partial charge on any atom is -0.490 e. The zero-order valence-electron chi connectivity index (χ0n) is 13.6. The second-order valence-electron chi connectivity index (χ2n) is 5.70. The highest BCUT2D eigenvalue weighted by atomic mass is 16.5. The fraction of sp³-hybridized carbons (Fsp3) is 0.333. The molecule has 1 aliphatic rings. The molecule has 2 heterocycles. The van der Waals surface area contributed by atoms with E-state index in [1.807, 2.05) is 37.3 Å². The monoisotopic (exact) mass is 329 g/mol. The highest BCUT2D eigenvalue weighted by Gasteiger charge is 2.33. The SMILES string of the molecule is COc1coc(C(=O)N2C[C@H](C)OC[C@H]2c2ccccc2)cc1=O. The summed E-state index contributed by atoms with van der Waals surface area (Å²) >= 11 is 0. The molecule has 0 N–H and O–H groups in total. The highest BCUT2D eigenvalue weighted by Crippen LogP contribution is 2.27. The molecular formula is C18H19NO5. The molecule has 126 valence electrons. The average Bonchev–Trinajstić information content (AvgIpc) is 2.61. The van der Waals surface area contributed by atoms with Crippen molar-refractivity contribution in [2.75, 3.05) is 20.3 Å². The van der Waals surface area contributed by atoms with Gasteiger partial charge in [-0.1, -0.05) is 30.3 Å². The number of morpholine rings is 1. The Hall–Kier alpha value is -2.60. The minimum absolute atomic E-state index is 0.00386.